The van der Waals surface area contributed by atoms with Gasteiger partial charge in [0.15, 0.2) is 0 Å². The van der Waals surface area contributed by atoms with Gasteiger partial charge in [-0.3, -0.25) is 4.90 Å². The quantitative estimate of drug-likeness (QED) is 0.819. The van der Waals surface area contributed by atoms with Crippen LogP contribution in [-0.4, -0.2) is 42.8 Å². The van der Waals surface area contributed by atoms with E-state index in [4.69, 9.17) is 10.5 Å². The Kier molecular flexibility index (Phi) is 4.35. The van der Waals surface area contributed by atoms with Crippen LogP contribution in [0.2, 0.25) is 0 Å². The smallest absolute Gasteiger partial charge is 0.0670 e. The molecule has 2 fully saturated rings. The molecule has 1 aliphatic heterocycles. The first kappa shape index (κ1) is 14.3. The standard InChI is InChI=1S/C15H30N2O/c1-4-14(2)11-15(12-16,8-9-18-14)17(3)10-13-6-5-7-13/h13H,4-12,16H2,1-3H3. The molecule has 0 radical (unpaired) electrons. The zero-order valence-electron chi connectivity index (χ0n) is 12.4. The second kappa shape index (κ2) is 5.48. The number of hydrogen-bond acceptors (Lipinski definition) is 3. The highest BCUT2D eigenvalue weighted by Crippen LogP contribution is 2.39. The highest BCUT2D eigenvalue weighted by Gasteiger charge is 2.44. The fourth-order valence-electron chi connectivity index (χ4n) is 3.46. The van der Waals surface area contributed by atoms with Gasteiger partial charge in [0, 0.05) is 25.2 Å². The number of nitrogens with zero attached hydrogens (tertiary/aromatic N) is 1. The molecule has 0 aromatic carbocycles. The molecule has 1 heterocycles. The Morgan fingerprint density at radius 3 is 2.61 bits per heavy atom. The maximum Gasteiger partial charge on any atom is 0.0670 e. The minimum Gasteiger partial charge on any atom is -0.375 e. The van der Waals surface area contributed by atoms with Gasteiger partial charge in [0.1, 0.15) is 0 Å². The Labute approximate surface area is 112 Å². The van der Waals surface area contributed by atoms with E-state index in [2.05, 4.69) is 25.8 Å². The summed E-state index contributed by atoms with van der Waals surface area (Å²) >= 11 is 0. The third-order valence-corrected chi connectivity index (χ3v) is 5.42. The summed E-state index contributed by atoms with van der Waals surface area (Å²) in [5.41, 5.74) is 6.34. The van der Waals surface area contributed by atoms with E-state index in [0.29, 0.717) is 0 Å². The number of hydrogen-bond donors (Lipinski definition) is 1. The van der Waals surface area contributed by atoms with Crippen molar-refractivity contribution in [2.24, 2.45) is 11.7 Å². The van der Waals surface area contributed by atoms with E-state index in [1.54, 1.807) is 0 Å². The molecule has 18 heavy (non-hydrogen) atoms. The molecule has 2 unspecified atom stereocenters. The molecule has 0 aromatic heterocycles. The average molecular weight is 254 g/mol. The molecule has 2 rings (SSSR count). The van der Waals surface area contributed by atoms with Crippen LogP contribution in [0.1, 0.15) is 52.4 Å². The van der Waals surface area contributed by atoms with Crippen LogP contribution in [0.3, 0.4) is 0 Å². The van der Waals surface area contributed by atoms with Crippen LogP contribution in [-0.2, 0) is 4.74 Å². The lowest BCUT2D eigenvalue weighted by atomic mass is 9.76. The van der Waals surface area contributed by atoms with Crippen molar-refractivity contribution in [3.8, 4) is 0 Å². The molecule has 106 valence electrons. The number of nitrogens with two attached hydrogens (primary N) is 1. The Morgan fingerprint density at radius 1 is 1.39 bits per heavy atom. The number of rotatable bonds is 5. The lowest BCUT2D eigenvalue weighted by molar-refractivity contribution is -0.127. The van der Waals surface area contributed by atoms with E-state index in [1.165, 1.54) is 25.8 Å². The van der Waals surface area contributed by atoms with Gasteiger partial charge in [-0.15, -0.1) is 0 Å². The van der Waals surface area contributed by atoms with Crippen LogP contribution in [0.15, 0.2) is 0 Å². The van der Waals surface area contributed by atoms with E-state index in [0.717, 1.165) is 38.3 Å². The second-order valence-corrected chi connectivity index (χ2v) is 6.68. The van der Waals surface area contributed by atoms with Crippen LogP contribution in [0, 0.1) is 5.92 Å². The molecule has 0 amide bonds. The molecular weight excluding hydrogens is 224 g/mol. The van der Waals surface area contributed by atoms with Crippen molar-refractivity contribution < 1.29 is 4.74 Å². The normalized spacial score (nSPS) is 37.8. The van der Waals surface area contributed by atoms with E-state index >= 15 is 0 Å². The van der Waals surface area contributed by atoms with Crippen LogP contribution >= 0.6 is 0 Å². The van der Waals surface area contributed by atoms with Gasteiger partial charge in [0.05, 0.1) is 5.60 Å². The zero-order valence-corrected chi connectivity index (χ0v) is 12.4. The Balaban J connectivity index is 2.03. The third-order valence-electron chi connectivity index (χ3n) is 5.42. The number of ether oxygens (including phenoxy) is 1. The lowest BCUT2D eigenvalue weighted by Crippen LogP contribution is -2.60. The summed E-state index contributed by atoms with van der Waals surface area (Å²) in [6.07, 6.45) is 7.48. The molecule has 1 saturated heterocycles. The van der Waals surface area contributed by atoms with Crippen molar-refractivity contribution in [2.75, 3.05) is 26.7 Å². The van der Waals surface area contributed by atoms with E-state index < -0.39 is 0 Å². The van der Waals surface area contributed by atoms with Crippen molar-refractivity contribution in [2.45, 2.75) is 63.5 Å². The van der Waals surface area contributed by atoms with Gasteiger partial charge in [0.25, 0.3) is 0 Å². The number of likely N-dealkylation sites (N-methyl/N-ethyl adjacent to an activating group) is 1. The Hall–Kier alpha value is -0.120. The van der Waals surface area contributed by atoms with E-state index in [1.807, 2.05) is 0 Å². The van der Waals surface area contributed by atoms with Gasteiger partial charge in [0.2, 0.25) is 0 Å². The van der Waals surface area contributed by atoms with Crippen LogP contribution < -0.4 is 5.73 Å². The molecule has 1 aliphatic carbocycles. The summed E-state index contributed by atoms with van der Waals surface area (Å²) in [6, 6.07) is 0. The van der Waals surface area contributed by atoms with E-state index in [-0.39, 0.29) is 11.1 Å². The highest BCUT2D eigenvalue weighted by molar-refractivity contribution is 5.00. The van der Waals surface area contributed by atoms with Crippen LogP contribution in [0.5, 0.6) is 0 Å². The highest BCUT2D eigenvalue weighted by atomic mass is 16.5. The predicted octanol–water partition coefficient (Wildman–Crippen LogP) is 2.39. The molecular formula is C15H30N2O. The minimum atomic E-state index is 0.0193. The van der Waals surface area contributed by atoms with Gasteiger partial charge in [-0.2, -0.15) is 0 Å². The first-order valence-electron chi connectivity index (χ1n) is 7.59. The van der Waals surface area contributed by atoms with Crippen molar-refractivity contribution in [1.82, 2.24) is 4.90 Å². The fourth-order valence-corrected chi connectivity index (χ4v) is 3.46. The topological polar surface area (TPSA) is 38.5 Å². The van der Waals surface area contributed by atoms with Crippen LogP contribution in [0.25, 0.3) is 0 Å². The predicted molar refractivity (Wildman–Crippen MR) is 75.6 cm³/mol. The fraction of sp³-hybridized carbons (Fsp3) is 1.00. The zero-order chi connectivity index (χ0) is 13.2. The average Bonchev–Trinajstić information content (AvgIpc) is 2.33. The monoisotopic (exact) mass is 254 g/mol. The maximum atomic E-state index is 6.15. The van der Waals surface area contributed by atoms with Crippen molar-refractivity contribution in [3.63, 3.8) is 0 Å². The second-order valence-electron chi connectivity index (χ2n) is 6.68. The molecule has 2 atom stereocenters. The molecule has 0 aromatic rings. The summed E-state index contributed by atoms with van der Waals surface area (Å²) < 4.78 is 5.98. The van der Waals surface area contributed by atoms with Gasteiger partial charge in [-0.1, -0.05) is 13.3 Å². The van der Waals surface area contributed by atoms with Gasteiger partial charge >= 0.3 is 0 Å². The molecule has 0 bridgehead atoms. The van der Waals surface area contributed by atoms with Crippen molar-refractivity contribution >= 4 is 0 Å². The van der Waals surface area contributed by atoms with Crippen molar-refractivity contribution in [1.29, 1.82) is 0 Å². The summed E-state index contributed by atoms with van der Waals surface area (Å²) in [7, 11) is 2.27. The van der Waals surface area contributed by atoms with Crippen LogP contribution in [0.4, 0.5) is 0 Å². The van der Waals surface area contributed by atoms with Gasteiger partial charge < -0.3 is 10.5 Å². The summed E-state index contributed by atoms with van der Waals surface area (Å²) in [4.78, 5) is 2.55. The molecule has 0 spiro atoms. The Morgan fingerprint density at radius 2 is 2.11 bits per heavy atom. The largest absolute Gasteiger partial charge is 0.375 e. The van der Waals surface area contributed by atoms with Gasteiger partial charge in [-0.05, 0) is 52.0 Å². The molecule has 2 aliphatic rings. The SMILES string of the molecule is CCC1(C)CC(CN)(N(C)CC2CCC2)CCO1. The van der Waals surface area contributed by atoms with Crippen molar-refractivity contribution in [3.05, 3.63) is 0 Å². The lowest BCUT2D eigenvalue weighted by Gasteiger charge is -2.51. The van der Waals surface area contributed by atoms with Gasteiger partial charge in [-0.25, -0.2) is 0 Å². The summed E-state index contributed by atoms with van der Waals surface area (Å²) in [5, 5.41) is 0. The summed E-state index contributed by atoms with van der Waals surface area (Å²) in [6.45, 7) is 7.30. The first-order chi connectivity index (χ1) is 8.53. The maximum absolute atomic E-state index is 6.15. The third kappa shape index (κ3) is 2.73. The first-order valence-corrected chi connectivity index (χ1v) is 7.59. The molecule has 3 nitrogen and oxygen atoms in total. The molecule has 2 N–H and O–H groups in total. The Bertz CT molecular complexity index is 280. The summed E-state index contributed by atoms with van der Waals surface area (Å²) in [5.74, 6) is 0.911. The minimum absolute atomic E-state index is 0.0193. The van der Waals surface area contributed by atoms with E-state index in [9.17, 15) is 0 Å². The molecule has 3 heteroatoms. The molecule has 1 saturated carbocycles.